The molecule has 0 saturated heterocycles. The Labute approximate surface area is 490 Å². The second-order valence-corrected chi connectivity index (χ2v) is 25.4. The zero-order chi connectivity index (χ0) is 57.9. The largest absolute Gasteiger partial charge is 0.472 e. The van der Waals surface area contributed by atoms with E-state index in [1.165, 1.54) is 212 Å². The number of unbranched alkanes of at least 4 members (excludes halogenated alkanes) is 37. The number of carbonyl (C=O) groups is 2. The number of allylic oxidation sites excluding steroid dienone is 9. The number of quaternary nitrogens is 1. The molecule has 3 atom stereocenters. The van der Waals surface area contributed by atoms with Crippen molar-refractivity contribution >= 4 is 19.7 Å². The Balaban J connectivity index is 5.11. The second kappa shape index (κ2) is 58.9. The zero-order valence-electron chi connectivity index (χ0n) is 52.9. The van der Waals surface area contributed by atoms with Crippen LogP contribution in [0.2, 0.25) is 0 Å². The third-order valence-electron chi connectivity index (χ3n) is 14.9. The number of phosphoric ester groups is 1. The fourth-order valence-electron chi connectivity index (χ4n) is 9.71. The van der Waals surface area contributed by atoms with Crippen molar-refractivity contribution in [2.45, 2.75) is 328 Å². The number of hydrogen-bond donors (Lipinski definition) is 2. The maximum absolute atomic E-state index is 13.6. The topological polar surface area (TPSA) is 111 Å². The number of nitrogens with one attached hydrogen (secondary N) is 1. The van der Waals surface area contributed by atoms with E-state index in [-0.39, 0.29) is 31.5 Å². The van der Waals surface area contributed by atoms with Crippen LogP contribution in [-0.4, -0.2) is 74.3 Å². The quantitative estimate of drug-likeness (QED) is 0.0205. The van der Waals surface area contributed by atoms with Gasteiger partial charge in [0.05, 0.1) is 33.8 Å². The highest BCUT2D eigenvalue weighted by molar-refractivity contribution is 7.47. The molecule has 1 amide bonds. The third kappa shape index (κ3) is 60.1. The van der Waals surface area contributed by atoms with Crippen LogP contribution in [0.1, 0.15) is 316 Å². The van der Waals surface area contributed by atoms with Crippen molar-refractivity contribution in [1.29, 1.82) is 0 Å². The summed E-state index contributed by atoms with van der Waals surface area (Å²) in [5.74, 6) is -0.504. The van der Waals surface area contributed by atoms with Crippen molar-refractivity contribution in [3.8, 4) is 0 Å². The van der Waals surface area contributed by atoms with E-state index in [1.54, 1.807) is 0 Å². The molecule has 2 N–H and O–H groups in total. The first kappa shape index (κ1) is 76.7. The first-order valence-corrected chi connectivity index (χ1v) is 35.1. The Kier molecular flexibility index (Phi) is 57.2. The van der Waals surface area contributed by atoms with Gasteiger partial charge in [-0.15, -0.1) is 0 Å². The third-order valence-corrected chi connectivity index (χ3v) is 15.9. The van der Waals surface area contributed by atoms with Crippen LogP contribution in [0.5, 0.6) is 0 Å². The van der Waals surface area contributed by atoms with Gasteiger partial charge in [0.2, 0.25) is 5.91 Å². The molecule has 0 spiro atoms. The van der Waals surface area contributed by atoms with E-state index >= 15 is 0 Å². The lowest BCUT2D eigenvalue weighted by atomic mass is 10.0. The number of amides is 1. The van der Waals surface area contributed by atoms with Gasteiger partial charge < -0.3 is 19.4 Å². The number of rotatable bonds is 61. The Morgan fingerprint density at radius 1 is 0.443 bits per heavy atom. The minimum Gasteiger partial charge on any atom is -0.456 e. The predicted octanol–water partition coefficient (Wildman–Crippen LogP) is 21.0. The van der Waals surface area contributed by atoms with Crippen LogP contribution in [-0.2, 0) is 27.9 Å². The summed E-state index contributed by atoms with van der Waals surface area (Å²) in [7, 11) is 1.50. The molecule has 0 bridgehead atoms. The lowest BCUT2D eigenvalue weighted by Gasteiger charge is -2.27. The van der Waals surface area contributed by atoms with Crippen LogP contribution >= 0.6 is 7.82 Å². The van der Waals surface area contributed by atoms with Gasteiger partial charge in [-0.2, -0.15) is 0 Å². The van der Waals surface area contributed by atoms with Crippen molar-refractivity contribution in [2.75, 3.05) is 40.9 Å². The average molecular weight is 1130 g/mol. The van der Waals surface area contributed by atoms with Crippen LogP contribution in [0, 0.1) is 0 Å². The SMILES string of the molecule is CCCCC/C=C\C/C=C\C/C=C\CCCCCCCCCCCCC(=O)NC(COP(=O)(O)OCC[N+](C)(C)C)C(/C=C\CCCCCCCCCCC)OC(=O)CCCCCCCCCCC/C=C/CCCCCCCC. The highest BCUT2D eigenvalue weighted by Crippen LogP contribution is 2.43. The predicted molar refractivity (Wildman–Crippen MR) is 342 cm³/mol. The van der Waals surface area contributed by atoms with Crippen LogP contribution in [0.25, 0.3) is 0 Å². The van der Waals surface area contributed by atoms with Crippen LogP contribution in [0.3, 0.4) is 0 Å². The van der Waals surface area contributed by atoms with E-state index in [2.05, 4.69) is 74.7 Å². The number of esters is 1. The zero-order valence-corrected chi connectivity index (χ0v) is 53.8. The molecule has 0 fully saturated rings. The number of carbonyl (C=O) groups excluding carboxylic acids is 2. The molecule has 0 aliphatic carbocycles. The first-order valence-electron chi connectivity index (χ1n) is 33.6. The maximum atomic E-state index is 13.6. The molecular formula is C69H130N2O7P+. The molecule has 0 aromatic carbocycles. The van der Waals surface area contributed by atoms with Crippen molar-refractivity contribution < 1.29 is 37.3 Å². The molecule has 0 radical (unpaired) electrons. The van der Waals surface area contributed by atoms with E-state index in [0.717, 1.165) is 70.6 Å². The molecule has 462 valence electrons. The van der Waals surface area contributed by atoms with Crippen molar-refractivity contribution in [3.05, 3.63) is 60.8 Å². The van der Waals surface area contributed by atoms with E-state index in [1.807, 2.05) is 33.3 Å². The molecule has 79 heavy (non-hydrogen) atoms. The number of phosphoric acid groups is 1. The monoisotopic (exact) mass is 1130 g/mol. The number of nitrogens with zero attached hydrogens (tertiary/aromatic N) is 1. The summed E-state index contributed by atoms with van der Waals surface area (Å²) < 4.78 is 30.8. The van der Waals surface area contributed by atoms with Crippen LogP contribution in [0.15, 0.2) is 60.8 Å². The normalized spacial score (nSPS) is 14.0. The van der Waals surface area contributed by atoms with Gasteiger partial charge in [0, 0.05) is 12.8 Å². The lowest BCUT2D eigenvalue weighted by molar-refractivity contribution is -0.870. The second-order valence-electron chi connectivity index (χ2n) is 24.0. The summed E-state index contributed by atoms with van der Waals surface area (Å²) in [5.41, 5.74) is 0. The van der Waals surface area contributed by atoms with Gasteiger partial charge in [0.25, 0.3) is 0 Å². The first-order chi connectivity index (χ1) is 38.4. The van der Waals surface area contributed by atoms with Crippen LogP contribution in [0.4, 0.5) is 0 Å². The van der Waals surface area contributed by atoms with Gasteiger partial charge in [-0.25, -0.2) is 4.57 Å². The molecule has 9 nitrogen and oxygen atoms in total. The van der Waals surface area contributed by atoms with E-state index in [0.29, 0.717) is 17.4 Å². The molecule has 0 rings (SSSR count). The van der Waals surface area contributed by atoms with Gasteiger partial charge in [-0.1, -0.05) is 268 Å². The molecule has 0 aromatic rings. The lowest BCUT2D eigenvalue weighted by Crippen LogP contribution is -2.47. The standard InChI is InChI=1S/C69H129N2O7P/c1-7-10-13-16-19-22-25-27-29-31-33-34-35-36-38-39-41-43-46-49-52-55-58-61-68(72)70-66(65-77-79(74,75)76-64-63-71(4,5)6)67(60-57-54-51-48-45-24-21-18-15-12-9-3)78-69(73)62-59-56-53-50-47-44-42-40-37-32-30-28-26-23-20-17-14-11-8-2/h19,22,27-30,33-34,57,60,66-67H,7-18,20-21,23-26,31-32,35-56,58-59,61-65H2,1-6H3,(H-,70,72,74,75)/p+1/b22-19-,29-27-,30-28+,34-33-,60-57-. The van der Waals surface area contributed by atoms with Crippen molar-refractivity contribution in [2.24, 2.45) is 0 Å². The molecule has 0 aromatic heterocycles. The van der Waals surface area contributed by atoms with Gasteiger partial charge in [0.15, 0.2) is 0 Å². The molecular weight excluding hydrogens is 1000 g/mol. The van der Waals surface area contributed by atoms with Crippen molar-refractivity contribution in [1.82, 2.24) is 5.32 Å². The summed E-state index contributed by atoms with van der Waals surface area (Å²) in [5, 5.41) is 3.06. The Hall–Kier alpha value is -2.29. The number of likely N-dealkylation sites (N-methyl/N-ethyl adjacent to an activating group) is 1. The summed E-state index contributed by atoms with van der Waals surface area (Å²) in [6, 6.07) is -0.852. The number of hydrogen-bond acceptors (Lipinski definition) is 6. The smallest absolute Gasteiger partial charge is 0.456 e. The van der Waals surface area contributed by atoms with Gasteiger partial charge >= 0.3 is 13.8 Å². The Morgan fingerprint density at radius 3 is 1.19 bits per heavy atom. The summed E-state index contributed by atoms with van der Waals surface area (Å²) >= 11 is 0. The fraction of sp³-hybridized carbons (Fsp3) is 0.826. The minimum atomic E-state index is -4.45. The summed E-state index contributed by atoms with van der Waals surface area (Å²) in [4.78, 5) is 37.8. The van der Waals surface area contributed by atoms with E-state index in [9.17, 15) is 19.0 Å². The van der Waals surface area contributed by atoms with Crippen molar-refractivity contribution in [3.63, 3.8) is 0 Å². The van der Waals surface area contributed by atoms with Crippen LogP contribution < -0.4 is 5.32 Å². The van der Waals surface area contributed by atoms with Gasteiger partial charge in [0.1, 0.15) is 19.3 Å². The average Bonchev–Trinajstić information content (AvgIpc) is 3.41. The fourth-order valence-corrected chi connectivity index (χ4v) is 10.4. The summed E-state index contributed by atoms with van der Waals surface area (Å²) in [6.45, 7) is 7.00. The molecule has 10 heteroatoms. The molecule has 0 heterocycles. The Bertz CT molecular complexity index is 1540. The Morgan fingerprint density at radius 2 is 0.772 bits per heavy atom. The van der Waals surface area contributed by atoms with E-state index < -0.39 is 20.0 Å². The molecule has 0 aliphatic heterocycles. The molecule has 0 saturated carbocycles. The van der Waals surface area contributed by atoms with Gasteiger partial charge in [-0.3, -0.25) is 18.6 Å². The highest BCUT2D eigenvalue weighted by Gasteiger charge is 2.30. The summed E-state index contributed by atoms with van der Waals surface area (Å²) in [6.07, 6.45) is 75.1. The maximum Gasteiger partial charge on any atom is 0.472 e. The minimum absolute atomic E-state index is 0.0386. The highest BCUT2D eigenvalue weighted by atomic mass is 31.2. The van der Waals surface area contributed by atoms with E-state index in [4.69, 9.17) is 13.8 Å². The molecule has 3 unspecified atom stereocenters. The number of ether oxygens (including phenoxy) is 1. The molecule has 0 aliphatic rings. The van der Waals surface area contributed by atoms with Gasteiger partial charge in [-0.05, 0) is 96.0 Å².